The smallest absolute Gasteiger partial charge is 2.00 e. The van der Waals surface area contributed by atoms with E-state index in [1.807, 2.05) is 0 Å². The summed E-state index contributed by atoms with van der Waals surface area (Å²) in [6.45, 7) is 0. The fourth-order valence-corrected chi connectivity index (χ4v) is 0. The monoisotopic (exact) mass is 346 g/mol. The summed E-state index contributed by atoms with van der Waals surface area (Å²) in [4.78, 5) is 0. The van der Waals surface area contributed by atoms with Gasteiger partial charge < -0.3 is 0 Å². The minimum atomic E-state index is -10.7. The quantitative estimate of drug-likeness (QED) is 0.258. The van der Waals surface area contributed by atoms with Gasteiger partial charge in [-0.3, -0.25) is 0 Å². The van der Waals surface area contributed by atoms with Crippen LogP contribution in [0, 0.1) is 0 Å². The van der Waals surface area contributed by atoms with Crippen LogP contribution in [-0.4, -0.2) is 0 Å². The maximum atomic E-state index is 9.87. The van der Waals surface area contributed by atoms with Crippen molar-refractivity contribution in [1.29, 1.82) is 0 Å². The normalized spacial score (nSPS) is 21.6. The average Bonchev–Trinajstić information content (AvgIpc) is 0.938. The summed E-state index contributed by atoms with van der Waals surface area (Å²) in [6, 6.07) is 0. The number of rotatable bonds is 0. The first-order chi connectivity index (χ1) is 4.90. The summed E-state index contributed by atoms with van der Waals surface area (Å²) >= 11 is 0. The maximum Gasteiger partial charge on any atom is 2.00 e. The molecule has 0 fully saturated rings. The van der Waals surface area contributed by atoms with Crippen LogP contribution in [-0.2, 0) is 17.1 Å². The average molecular weight is 346 g/mol. The fraction of sp³-hybridized carbons (Fsp3) is 0. The minimum absolute atomic E-state index is 0. The van der Waals surface area contributed by atoms with Gasteiger partial charge in [0.15, 0.2) is 0 Å². The molecule has 0 spiro atoms. The third-order valence-electron chi connectivity index (χ3n) is 0. The van der Waals surface area contributed by atoms with Crippen LogP contribution in [0.2, 0.25) is 0 Å². The Kier molecular flexibility index (Phi) is 3.98. The van der Waals surface area contributed by atoms with Gasteiger partial charge in [-0.25, -0.2) is 0 Å². The molecule has 0 aliphatic heterocycles. The molecule has 0 nitrogen and oxygen atoms in total. The van der Waals surface area contributed by atoms with Crippen molar-refractivity contribution >= 4 is 15.6 Å². The largest absolute Gasteiger partial charge is 2.00 e. The van der Waals surface area contributed by atoms with Gasteiger partial charge in [-0.1, -0.05) is 0 Å². The van der Waals surface area contributed by atoms with E-state index in [0.29, 0.717) is 0 Å². The van der Waals surface area contributed by atoms with Crippen molar-refractivity contribution in [1.82, 2.24) is 0 Å². The van der Waals surface area contributed by atoms with E-state index in [4.69, 9.17) is 0 Å². The van der Waals surface area contributed by atoms with Gasteiger partial charge in [-0.2, -0.15) is 0 Å². The number of hydrogen-bond donors (Lipinski definition) is 0. The first kappa shape index (κ1) is 20.9. The van der Waals surface area contributed by atoms with E-state index in [1.165, 1.54) is 0 Å². The molecule has 0 aromatic heterocycles. The second-order valence-electron chi connectivity index (χ2n) is 1.92. The van der Waals surface area contributed by atoms with Gasteiger partial charge in [-0.05, 0) is 0 Å². The Morgan fingerprint density at radius 1 is 0.333 bits per heavy atom. The molecular formula is F12FeP2. The Morgan fingerprint density at radius 3 is 0.333 bits per heavy atom. The van der Waals surface area contributed by atoms with E-state index >= 15 is 0 Å². The molecule has 15 heavy (non-hydrogen) atoms. The van der Waals surface area contributed by atoms with E-state index in [9.17, 15) is 50.4 Å². The fourth-order valence-electron chi connectivity index (χ4n) is 0. The summed E-state index contributed by atoms with van der Waals surface area (Å²) in [7, 11) is -21.3. The zero-order chi connectivity index (χ0) is 12.8. The molecule has 0 amide bonds. The molecule has 0 aliphatic rings. The maximum absolute atomic E-state index is 10.7. The second-order valence-corrected chi connectivity index (χ2v) is 5.75. The SMILES string of the molecule is F[P-](F)(F)(F)(F)F.F[P-](F)(F)(F)(F)F.[Fe+2]. The summed E-state index contributed by atoms with van der Waals surface area (Å²) < 4.78 is 118. The van der Waals surface area contributed by atoms with E-state index in [-0.39, 0.29) is 17.1 Å². The second kappa shape index (κ2) is 2.86. The standard InChI is InChI=1S/2F6P.Fe/c2*1-7(2,3,4,5)6;/q2*-1;+2. The van der Waals surface area contributed by atoms with Crippen LogP contribution in [0.3, 0.4) is 0 Å². The summed E-state index contributed by atoms with van der Waals surface area (Å²) in [6.07, 6.45) is 0. The molecule has 0 saturated heterocycles. The van der Waals surface area contributed by atoms with Crippen LogP contribution in [0.15, 0.2) is 0 Å². The molecule has 0 aromatic rings. The molecule has 0 aromatic carbocycles. The van der Waals surface area contributed by atoms with Gasteiger partial charge in [0.2, 0.25) is 0 Å². The van der Waals surface area contributed by atoms with E-state index in [0.717, 1.165) is 0 Å². The van der Waals surface area contributed by atoms with Crippen molar-refractivity contribution in [2.75, 3.05) is 0 Å². The van der Waals surface area contributed by atoms with Crippen molar-refractivity contribution in [2.24, 2.45) is 0 Å². The summed E-state index contributed by atoms with van der Waals surface area (Å²) in [5.41, 5.74) is 0. The number of halogens is 12. The van der Waals surface area contributed by atoms with Crippen LogP contribution in [0.5, 0.6) is 0 Å². The topological polar surface area (TPSA) is 0 Å². The first-order valence-electron chi connectivity index (χ1n) is 2.03. The molecular weight excluding hydrogens is 346 g/mol. The van der Waals surface area contributed by atoms with Crippen molar-refractivity contribution < 1.29 is 67.4 Å². The van der Waals surface area contributed by atoms with Crippen LogP contribution in [0.25, 0.3) is 0 Å². The minimum Gasteiger partial charge on any atom is 2.00 e. The van der Waals surface area contributed by atoms with Crippen molar-refractivity contribution in [3.63, 3.8) is 0 Å². The Morgan fingerprint density at radius 2 is 0.333 bits per heavy atom. The summed E-state index contributed by atoms with van der Waals surface area (Å²) in [5, 5.41) is 0. The molecule has 0 N–H and O–H groups in total. The Balaban J connectivity index is -0.000000180. The van der Waals surface area contributed by atoms with E-state index in [1.54, 1.807) is 0 Å². The Labute approximate surface area is 83.9 Å². The van der Waals surface area contributed by atoms with Gasteiger partial charge in [0.25, 0.3) is 0 Å². The molecule has 0 unspecified atom stereocenters. The predicted molar refractivity (Wildman–Crippen MR) is 27.1 cm³/mol. The van der Waals surface area contributed by atoms with Crippen LogP contribution in [0.1, 0.15) is 0 Å². The zero-order valence-electron chi connectivity index (χ0n) is 5.78. The van der Waals surface area contributed by atoms with Crippen molar-refractivity contribution in [3.8, 4) is 0 Å². The van der Waals surface area contributed by atoms with Crippen molar-refractivity contribution in [3.05, 3.63) is 0 Å². The predicted octanol–water partition coefficient (Wildman–Crippen LogP) is 6.76. The Bertz CT molecular complexity index is 161. The van der Waals surface area contributed by atoms with Gasteiger partial charge in [0.05, 0.1) is 0 Å². The molecule has 0 radical (unpaired) electrons. The van der Waals surface area contributed by atoms with E-state index in [2.05, 4.69) is 0 Å². The molecule has 15 heteroatoms. The molecule has 102 valence electrons. The van der Waals surface area contributed by atoms with Crippen LogP contribution < -0.4 is 0 Å². The molecule has 0 saturated carbocycles. The number of hydrogen-bond acceptors (Lipinski definition) is 0. The Hall–Kier alpha value is 0.539. The van der Waals surface area contributed by atoms with Gasteiger partial charge in [0.1, 0.15) is 0 Å². The van der Waals surface area contributed by atoms with Gasteiger partial charge in [0, 0.05) is 0 Å². The van der Waals surface area contributed by atoms with Crippen LogP contribution in [0.4, 0.5) is 50.4 Å². The first-order valence-corrected chi connectivity index (χ1v) is 6.09. The molecule has 0 heterocycles. The third kappa shape index (κ3) is 7860. The molecule has 0 aliphatic carbocycles. The van der Waals surface area contributed by atoms with E-state index < -0.39 is 15.6 Å². The van der Waals surface area contributed by atoms with Crippen LogP contribution >= 0.6 is 15.6 Å². The third-order valence-corrected chi connectivity index (χ3v) is 0. The van der Waals surface area contributed by atoms with Gasteiger partial charge in [-0.15, -0.1) is 0 Å². The van der Waals surface area contributed by atoms with Gasteiger partial charge >= 0.3 is 83.0 Å². The molecule has 0 atom stereocenters. The zero-order valence-corrected chi connectivity index (χ0v) is 8.68. The van der Waals surface area contributed by atoms with Crippen molar-refractivity contribution in [2.45, 2.75) is 0 Å². The summed E-state index contributed by atoms with van der Waals surface area (Å²) in [5.74, 6) is 0. The molecule has 0 bridgehead atoms. The molecule has 0 rings (SSSR count).